The van der Waals surface area contributed by atoms with Gasteiger partial charge >= 0.3 is 6.09 Å². The topological polar surface area (TPSA) is 61.5 Å². The molecule has 2 aromatic rings. The van der Waals surface area contributed by atoms with Crippen LogP contribution in [0.5, 0.6) is 0 Å². The Morgan fingerprint density at radius 2 is 1.96 bits per heavy atom. The van der Waals surface area contributed by atoms with Crippen LogP contribution in [0.1, 0.15) is 26.3 Å². The number of aromatic amines is 1. The van der Waals surface area contributed by atoms with Gasteiger partial charge in [-0.25, -0.2) is 9.78 Å². The van der Waals surface area contributed by atoms with Gasteiger partial charge in [0, 0.05) is 37.8 Å². The highest BCUT2D eigenvalue weighted by Crippen LogP contribution is 2.23. The molecule has 6 heteroatoms. The molecule has 1 saturated heterocycles. The molecular formula is C17H24N4O2. The lowest BCUT2D eigenvalue weighted by Crippen LogP contribution is -2.50. The van der Waals surface area contributed by atoms with Crippen LogP contribution in [0.3, 0.4) is 0 Å². The van der Waals surface area contributed by atoms with Crippen molar-refractivity contribution in [3.05, 3.63) is 24.0 Å². The number of carbonyl (C=O) groups excluding carboxylic acids is 1. The third-order valence-corrected chi connectivity index (χ3v) is 4.02. The van der Waals surface area contributed by atoms with E-state index in [0.29, 0.717) is 13.1 Å². The number of amides is 1. The maximum Gasteiger partial charge on any atom is 0.410 e. The minimum Gasteiger partial charge on any atom is -0.444 e. The lowest BCUT2D eigenvalue weighted by molar-refractivity contribution is 0.0240. The van der Waals surface area contributed by atoms with Crippen LogP contribution in [0, 0.1) is 6.92 Å². The van der Waals surface area contributed by atoms with Gasteiger partial charge in [0.1, 0.15) is 11.2 Å². The van der Waals surface area contributed by atoms with Gasteiger partial charge in [0.2, 0.25) is 0 Å². The molecule has 6 nitrogen and oxygen atoms in total. The summed E-state index contributed by atoms with van der Waals surface area (Å²) in [6.45, 7) is 10.7. The molecule has 0 aromatic carbocycles. The van der Waals surface area contributed by atoms with Gasteiger partial charge in [0.25, 0.3) is 0 Å². The van der Waals surface area contributed by atoms with Gasteiger partial charge in [-0.15, -0.1) is 0 Å². The number of hydrogen-bond acceptors (Lipinski definition) is 4. The smallest absolute Gasteiger partial charge is 0.410 e. The number of aromatic nitrogens is 2. The number of hydrogen-bond donors (Lipinski definition) is 1. The molecule has 2 aromatic heterocycles. The number of piperazine rings is 1. The number of rotatable bonds is 1. The van der Waals surface area contributed by atoms with E-state index in [9.17, 15) is 4.79 Å². The van der Waals surface area contributed by atoms with Crippen LogP contribution < -0.4 is 4.90 Å². The van der Waals surface area contributed by atoms with E-state index in [0.717, 1.165) is 29.8 Å². The van der Waals surface area contributed by atoms with E-state index in [1.54, 1.807) is 4.90 Å². The molecule has 1 aliphatic rings. The second kappa shape index (κ2) is 5.76. The molecule has 1 amide bonds. The predicted octanol–water partition coefficient (Wildman–Crippen LogP) is 2.93. The van der Waals surface area contributed by atoms with Crippen molar-refractivity contribution in [2.75, 3.05) is 31.1 Å². The number of fused-ring (bicyclic) bond motifs is 1. The summed E-state index contributed by atoms with van der Waals surface area (Å²) in [6, 6.07) is 2.16. The van der Waals surface area contributed by atoms with Gasteiger partial charge in [-0.3, -0.25) is 0 Å². The van der Waals surface area contributed by atoms with Crippen molar-refractivity contribution < 1.29 is 9.53 Å². The van der Waals surface area contributed by atoms with Crippen molar-refractivity contribution in [1.82, 2.24) is 14.9 Å². The number of aryl methyl sites for hydroxylation is 1. The Hall–Kier alpha value is -2.24. The molecule has 0 radical (unpaired) electrons. The van der Waals surface area contributed by atoms with Gasteiger partial charge in [0.15, 0.2) is 0 Å². The van der Waals surface area contributed by atoms with Gasteiger partial charge < -0.3 is 19.5 Å². The highest BCUT2D eigenvalue weighted by molar-refractivity contribution is 5.82. The molecule has 0 atom stereocenters. The average molecular weight is 316 g/mol. The summed E-state index contributed by atoms with van der Waals surface area (Å²) in [6.07, 6.45) is 3.63. The number of carbonyl (C=O) groups is 1. The summed E-state index contributed by atoms with van der Waals surface area (Å²) in [5.41, 5.74) is 2.76. The number of nitrogens with zero attached hydrogens (tertiary/aromatic N) is 3. The molecule has 23 heavy (non-hydrogen) atoms. The van der Waals surface area contributed by atoms with E-state index in [1.165, 1.54) is 5.56 Å². The lowest BCUT2D eigenvalue weighted by atomic mass is 10.2. The van der Waals surface area contributed by atoms with Crippen LogP contribution >= 0.6 is 0 Å². The minimum absolute atomic E-state index is 0.229. The maximum absolute atomic E-state index is 12.1. The van der Waals surface area contributed by atoms with Gasteiger partial charge in [-0.2, -0.15) is 0 Å². The third kappa shape index (κ3) is 3.41. The Balaban J connectivity index is 1.66. The second-order valence-electron chi connectivity index (χ2n) is 7.02. The number of anilines is 1. The highest BCUT2D eigenvalue weighted by Gasteiger charge is 2.26. The fraction of sp³-hybridized carbons (Fsp3) is 0.529. The Morgan fingerprint density at radius 1 is 1.26 bits per heavy atom. The molecule has 1 fully saturated rings. The zero-order valence-corrected chi connectivity index (χ0v) is 14.2. The molecule has 0 unspecified atom stereocenters. The van der Waals surface area contributed by atoms with E-state index in [4.69, 9.17) is 4.74 Å². The molecule has 124 valence electrons. The van der Waals surface area contributed by atoms with E-state index < -0.39 is 5.60 Å². The molecule has 0 saturated carbocycles. The Bertz CT molecular complexity index is 709. The van der Waals surface area contributed by atoms with Crippen LogP contribution in [0.4, 0.5) is 10.5 Å². The predicted molar refractivity (Wildman–Crippen MR) is 90.9 cm³/mol. The van der Waals surface area contributed by atoms with Crippen LogP contribution in [-0.4, -0.2) is 52.7 Å². The van der Waals surface area contributed by atoms with Gasteiger partial charge in [-0.05, 0) is 39.3 Å². The zero-order valence-electron chi connectivity index (χ0n) is 14.2. The first-order valence-corrected chi connectivity index (χ1v) is 8.00. The Kier molecular flexibility index (Phi) is 3.92. The summed E-state index contributed by atoms with van der Waals surface area (Å²) in [5, 5.41) is 1.15. The fourth-order valence-corrected chi connectivity index (χ4v) is 2.77. The molecule has 1 N–H and O–H groups in total. The quantitative estimate of drug-likeness (QED) is 0.879. The molecule has 3 heterocycles. The fourth-order valence-electron chi connectivity index (χ4n) is 2.77. The standard InChI is InChI=1S/C17H24N4O2/c1-12-10-18-15-14(12)9-13(11-19-15)20-5-7-21(8-6-20)16(22)23-17(2,3)4/h9-11H,5-8H2,1-4H3,(H,18,19). The lowest BCUT2D eigenvalue weighted by Gasteiger charge is -2.36. The first kappa shape index (κ1) is 15.6. The Labute approximate surface area is 136 Å². The van der Waals surface area contributed by atoms with Crippen molar-refractivity contribution in [2.45, 2.75) is 33.3 Å². The molecule has 0 bridgehead atoms. The normalized spacial score (nSPS) is 16.0. The van der Waals surface area contributed by atoms with Crippen molar-refractivity contribution in [3.63, 3.8) is 0 Å². The SMILES string of the molecule is Cc1c[nH]c2ncc(N3CCN(C(=O)OC(C)(C)C)CC3)cc12. The van der Waals surface area contributed by atoms with Crippen molar-refractivity contribution >= 4 is 22.8 Å². The van der Waals surface area contributed by atoms with Crippen molar-refractivity contribution in [2.24, 2.45) is 0 Å². The molecule has 0 aliphatic carbocycles. The second-order valence-corrected chi connectivity index (χ2v) is 7.02. The first-order valence-electron chi connectivity index (χ1n) is 8.00. The van der Waals surface area contributed by atoms with Crippen LogP contribution in [0.2, 0.25) is 0 Å². The molecule has 3 rings (SSSR count). The number of nitrogens with one attached hydrogen (secondary N) is 1. The summed E-state index contributed by atoms with van der Waals surface area (Å²) in [4.78, 5) is 23.8. The number of H-pyrrole nitrogens is 1. The monoisotopic (exact) mass is 316 g/mol. The first-order chi connectivity index (χ1) is 10.8. The van der Waals surface area contributed by atoms with E-state index in [1.807, 2.05) is 33.2 Å². The summed E-state index contributed by atoms with van der Waals surface area (Å²) < 4.78 is 5.43. The Morgan fingerprint density at radius 3 is 2.61 bits per heavy atom. The maximum atomic E-state index is 12.1. The van der Waals surface area contributed by atoms with Gasteiger partial charge in [-0.1, -0.05) is 0 Å². The summed E-state index contributed by atoms with van der Waals surface area (Å²) in [5.74, 6) is 0. The highest BCUT2D eigenvalue weighted by atomic mass is 16.6. The van der Waals surface area contributed by atoms with E-state index in [-0.39, 0.29) is 6.09 Å². The molecule has 1 aliphatic heterocycles. The van der Waals surface area contributed by atoms with Crippen LogP contribution in [-0.2, 0) is 4.74 Å². The summed E-state index contributed by atoms with van der Waals surface area (Å²) >= 11 is 0. The summed E-state index contributed by atoms with van der Waals surface area (Å²) in [7, 11) is 0. The van der Waals surface area contributed by atoms with E-state index >= 15 is 0 Å². The largest absolute Gasteiger partial charge is 0.444 e. The van der Waals surface area contributed by atoms with Crippen LogP contribution in [0.25, 0.3) is 11.0 Å². The average Bonchev–Trinajstić information content (AvgIpc) is 2.87. The number of ether oxygens (including phenoxy) is 1. The van der Waals surface area contributed by atoms with E-state index in [2.05, 4.69) is 27.9 Å². The van der Waals surface area contributed by atoms with Crippen LogP contribution in [0.15, 0.2) is 18.5 Å². The number of pyridine rings is 1. The third-order valence-electron chi connectivity index (χ3n) is 4.02. The van der Waals surface area contributed by atoms with Crippen molar-refractivity contribution in [3.8, 4) is 0 Å². The molecular weight excluding hydrogens is 292 g/mol. The zero-order chi connectivity index (χ0) is 16.6. The minimum atomic E-state index is -0.449. The van der Waals surface area contributed by atoms with Crippen molar-refractivity contribution in [1.29, 1.82) is 0 Å². The molecule has 0 spiro atoms. The van der Waals surface area contributed by atoms with Gasteiger partial charge in [0.05, 0.1) is 11.9 Å².